The molecule has 0 fully saturated rings. The number of rotatable bonds is 13. The molecule has 5 N–H and O–H groups in total. The summed E-state index contributed by atoms with van der Waals surface area (Å²) in [6, 6.07) is 6.10. The first-order valence-electron chi connectivity index (χ1n) is 10.4. The van der Waals surface area contributed by atoms with Gasteiger partial charge in [-0.3, -0.25) is 14.4 Å². The number of carbonyl (C=O) groups is 5. The van der Waals surface area contributed by atoms with Gasteiger partial charge < -0.3 is 31.2 Å². The van der Waals surface area contributed by atoms with E-state index < -0.39 is 47.9 Å². The summed E-state index contributed by atoms with van der Waals surface area (Å²) in [5.74, 6) is -2.67. The van der Waals surface area contributed by atoms with Crippen LogP contribution in [0.4, 0.5) is 4.79 Å². The average Bonchev–Trinajstić information content (AvgIpc) is 2.79. The van der Waals surface area contributed by atoms with Crippen LogP contribution in [0.15, 0.2) is 55.1 Å². The molecule has 1 unspecified atom stereocenters. The van der Waals surface area contributed by atoms with Gasteiger partial charge in [0.1, 0.15) is 25.3 Å². The van der Waals surface area contributed by atoms with Gasteiger partial charge in [0.2, 0.25) is 17.7 Å². The van der Waals surface area contributed by atoms with Crippen LogP contribution in [0, 0.1) is 0 Å². The summed E-state index contributed by atoms with van der Waals surface area (Å²) in [5, 5.41) is 7.32. The third-order valence-electron chi connectivity index (χ3n) is 4.25. The van der Waals surface area contributed by atoms with E-state index in [1.54, 1.807) is 24.3 Å². The van der Waals surface area contributed by atoms with Gasteiger partial charge in [-0.15, -0.1) is 0 Å². The molecule has 0 aliphatic heterocycles. The Morgan fingerprint density at radius 3 is 2.21 bits per heavy atom. The molecule has 0 aromatic heterocycles. The van der Waals surface area contributed by atoms with E-state index in [0.29, 0.717) is 0 Å². The maximum atomic E-state index is 12.4. The molecule has 0 saturated carbocycles. The van der Waals surface area contributed by atoms with E-state index in [4.69, 9.17) is 15.2 Å². The van der Waals surface area contributed by atoms with Crippen LogP contribution in [0.2, 0.25) is 0 Å². The summed E-state index contributed by atoms with van der Waals surface area (Å²) in [6.45, 7) is 6.30. The zero-order valence-corrected chi connectivity index (χ0v) is 19.1. The van der Waals surface area contributed by atoms with Gasteiger partial charge in [0.15, 0.2) is 0 Å². The number of hydrogen-bond donors (Lipinski definition) is 4. The van der Waals surface area contributed by atoms with Crippen molar-refractivity contribution in [1.82, 2.24) is 16.0 Å². The van der Waals surface area contributed by atoms with E-state index in [9.17, 15) is 24.0 Å². The third kappa shape index (κ3) is 11.5. The molecule has 1 aromatic rings. The topological polar surface area (TPSA) is 166 Å². The van der Waals surface area contributed by atoms with E-state index in [1.807, 2.05) is 6.07 Å². The second-order valence-electron chi connectivity index (χ2n) is 7.22. The monoisotopic (exact) mass is 474 g/mol. The Balaban J connectivity index is 2.55. The molecule has 0 aliphatic carbocycles. The smallest absolute Gasteiger partial charge is 0.408 e. The predicted molar refractivity (Wildman–Crippen MR) is 123 cm³/mol. The summed E-state index contributed by atoms with van der Waals surface area (Å²) < 4.78 is 9.84. The Kier molecular flexibility index (Phi) is 12.2. The molecule has 11 nitrogen and oxygen atoms in total. The van der Waals surface area contributed by atoms with Gasteiger partial charge in [0.25, 0.3) is 0 Å². The number of ether oxygens (including phenoxy) is 2. The van der Waals surface area contributed by atoms with Crippen molar-refractivity contribution in [2.24, 2.45) is 5.73 Å². The average molecular weight is 475 g/mol. The summed E-state index contributed by atoms with van der Waals surface area (Å²) in [6.07, 6.45) is 2.63. The molecule has 1 aromatic carbocycles. The number of hydrogen-bond acceptors (Lipinski definition) is 7. The van der Waals surface area contributed by atoms with Crippen molar-refractivity contribution in [3.8, 4) is 0 Å². The molecule has 4 amide bonds. The van der Waals surface area contributed by atoms with Gasteiger partial charge in [-0.1, -0.05) is 49.1 Å². The number of primary amides is 1. The number of alkyl carbamates (subject to hydrolysis) is 1. The molecule has 0 saturated heterocycles. The second-order valence-corrected chi connectivity index (χ2v) is 7.22. The van der Waals surface area contributed by atoms with Gasteiger partial charge in [-0.05, 0) is 19.4 Å². The Morgan fingerprint density at radius 1 is 0.971 bits per heavy atom. The molecule has 184 valence electrons. The van der Waals surface area contributed by atoms with E-state index >= 15 is 0 Å². The first-order valence-corrected chi connectivity index (χ1v) is 10.4. The van der Waals surface area contributed by atoms with Crippen molar-refractivity contribution in [2.45, 2.75) is 45.0 Å². The lowest BCUT2D eigenvalue weighted by molar-refractivity contribution is -0.136. The third-order valence-corrected chi connectivity index (χ3v) is 4.25. The second kappa shape index (κ2) is 14.8. The fraction of sp³-hybridized carbons (Fsp3) is 0.348. The Labute approximate surface area is 197 Å². The zero-order valence-electron chi connectivity index (χ0n) is 19.1. The molecular formula is C23H30N4O7. The first-order chi connectivity index (χ1) is 16.1. The Bertz CT molecular complexity index is 902. The minimum absolute atomic E-state index is 0.00506. The number of carbonyl (C=O) groups excluding carboxylic acids is 5. The molecule has 34 heavy (non-hydrogen) atoms. The quantitative estimate of drug-likeness (QED) is 0.183. The predicted octanol–water partition coefficient (Wildman–Crippen LogP) is 0.452. The highest BCUT2D eigenvalue weighted by atomic mass is 16.5. The minimum atomic E-state index is -1.02. The van der Waals surface area contributed by atoms with Crippen LogP contribution < -0.4 is 21.7 Å². The van der Waals surface area contributed by atoms with Crippen molar-refractivity contribution < 1.29 is 33.4 Å². The zero-order chi connectivity index (χ0) is 25.5. The summed E-state index contributed by atoms with van der Waals surface area (Å²) in [7, 11) is 0. The normalized spacial score (nSPS) is 13.1. The van der Waals surface area contributed by atoms with Gasteiger partial charge in [0.05, 0.1) is 12.5 Å². The number of amides is 4. The number of nitrogens with two attached hydrogens (primary N) is 1. The van der Waals surface area contributed by atoms with Gasteiger partial charge in [-0.25, -0.2) is 9.59 Å². The van der Waals surface area contributed by atoms with Crippen LogP contribution in [0.5, 0.6) is 0 Å². The minimum Gasteiger partial charge on any atom is -0.458 e. The van der Waals surface area contributed by atoms with Gasteiger partial charge in [-0.2, -0.15) is 0 Å². The molecule has 0 radical (unpaired) electrons. The molecule has 0 heterocycles. The van der Waals surface area contributed by atoms with Crippen LogP contribution in [0.1, 0.15) is 25.8 Å². The fourth-order valence-electron chi connectivity index (χ4n) is 2.49. The SMILES string of the molecule is C=CCOC(=O)/C=C/C(CC(N)=O)NC(=O)[C@H](C)NC(=O)[C@H](C)NC(=O)OCc1ccccc1. The molecule has 3 atom stereocenters. The lowest BCUT2D eigenvalue weighted by atomic mass is 10.1. The van der Waals surface area contributed by atoms with Crippen LogP contribution in [0.3, 0.4) is 0 Å². The molecule has 0 bridgehead atoms. The van der Waals surface area contributed by atoms with Crippen molar-refractivity contribution in [3.63, 3.8) is 0 Å². The van der Waals surface area contributed by atoms with Crippen molar-refractivity contribution in [2.75, 3.05) is 6.61 Å². The van der Waals surface area contributed by atoms with Gasteiger partial charge >= 0.3 is 12.1 Å². The highest BCUT2D eigenvalue weighted by Gasteiger charge is 2.23. The maximum Gasteiger partial charge on any atom is 0.408 e. The van der Waals surface area contributed by atoms with Crippen LogP contribution in [-0.4, -0.2) is 54.5 Å². The first kappa shape index (κ1) is 27.9. The van der Waals surface area contributed by atoms with Crippen molar-refractivity contribution in [3.05, 3.63) is 60.7 Å². The lowest BCUT2D eigenvalue weighted by Crippen LogP contribution is -2.53. The molecule has 11 heteroatoms. The Hall–Kier alpha value is -4.15. The van der Waals surface area contributed by atoms with E-state index in [1.165, 1.54) is 26.0 Å². The lowest BCUT2D eigenvalue weighted by Gasteiger charge is -2.20. The maximum absolute atomic E-state index is 12.4. The van der Waals surface area contributed by atoms with E-state index in [2.05, 4.69) is 22.5 Å². The highest BCUT2D eigenvalue weighted by Crippen LogP contribution is 2.01. The summed E-state index contributed by atoms with van der Waals surface area (Å²) in [5.41, 5.74) is 5.97. The molecule has 0 spiro atoms. The van der Waals surface area contributed by atoms with Crippen molar-refractivity contribution >= 4 is 29.8 Å². The van der Waals surface area contributed by atoms with Gasteiger partial charge in [0, 0.05) is 6.08 Å². The number of esters is 1. The number of benzene rings is 1. The molecular weight excluding hydrogens is 444 g/mol. The standard InChI is InChI=1S/C23H30N4O7/c1-4-12-33-20(29)11-10-18(13-19(24)28)27-22(31)15(2)25-21(30)16(3)26-23(32)34-14-17-8-6-5-7-9-17/h4-11,15-16,18H,1,12-14H2,2-3H3,(H2,24,28)(H,25,30)(H,26,32)(H,27,31)/b11-10+/t15-,16-,18?/m0/s1. The largest absolute Gasteiger partial charge is 0.458 e. The summed E-state index contributed by atoms with van der Waals surface area (Å²) >= 11 is 0. The number of nitrogens with one attached hydrogen (secondary N) is 3. The van der Waals surface area contributed by atoms with E-state index in [-0.39, 0.29) is 19.6 Å². The highest BCUT2D eigenvalue weighted by molar-refractivity contribution is 5.91. The molecule has 1 rings (SSSR count). The Morgan fingerprint density at radius 2 is 1.59 bits per heavy atom. The van der Waals surface area contributed by atoms with E-state index in [0.717, 1.165) is 11.6 Å². The van der Waals surface area contributed by atoms with Crippen LogP contribution in [0.25, 0.3) is 0 Å². The molecule has 0 aliphatic rings. The fourth-order valence-corrected chi connectivity index (χ4v) is 2.49. The van der Waals surface area contributed by atoms with Crippen LogP contribution >= 0.6 is 0 Å². The van der Waals surface area contributed by atoms with Crippen LogP contribution in [-0.2, 0) is 35.3 Å². The van der Waals surface area contributed by atoms with Crippen molar-refractivity contribution in [1.29, 1.82) is 0 Å². The summed E-state index contributed by atoms with van der Waals surface area (Å²) in [4.78, 5) is 59.5.